The van der Waals surface area contributed by atoms with Gasteiger partial charge in [0.15, 0.2) is 0 Å². The molecule has 25 heavy (non-hydrogen) atoms. The topological polar surface area (TPSA) is 50.4 Å². The number of rotatable bonds is 8. The van der Waals surface area contributed by atoms with Gasteiger partial charge in [-0.05, 0) is 54.7 Å². The van der Waals surface area contributed by atoms with Crippen LogP contribution in [-0.4, -0.2) is 19.1 Å². The Hall–Kier alpha value is -2.49. The monoisotopic (exact) mass is 340 g/mol. The summed E-state index contributed by atoms with van der Waals surface area (Å²) >= 11 is 0. The molecular formula is C21H28N2O2. The molecule has 0 fully saturated rings. The Morgan fingerprint density at radius 3 is 2.24 bits per heavy atom. The lowest BCUT2D eigenvalue weighted by Gasteiger charge is -2.16. The Bertz CT molecular complexity index is 665. The van der Waals surface area contributed by atoms with Crippen LogP contribution >= 0.6 is 0 Å². The lowest BCUT2D eigenvalue weighted by molar-refractivity contribution is -0.121. The Morgan fingerprint density at radius 1 is 1.04 bits per heavy atom. The molecule has 0 aromatic heterocycles. The number of ether oxygens (including phenoxy) is 1. The normalized spacial score (nSPS) is 13.0. The van der Waals surface area contributed by atoms with Crippen LogP contribution in [0.15, 0.2) is 48.5 Å². The number of nitrogens with one attached hydrogen (secondary N) is 2. The molecule has 0 aliphatic rings. The molecule has 2 aromatic rings. The minimum absolute atomic E-state index is 0.0261. The lowest BCUT2D eigenvalue weighted by Crippen LogP contribution is -2.37. The molecular weight excluding hydrogens is 312 g/mol. The third-order valence-corrected chi connectivity index (χ3v) is 4.49. The van der Waals surface area contributed by atoms with E-state index in [0.717, 1.165) is 23.4 Å². The fourth-order valence-corrected chi connectivity index (χ4v) is 2.54. The van der Waals surface area contributed by atoms with E-state index in [2.05, 4.69) is 36.6 Å². The molecule has 2 aromatic carbocycles. The predicted molar refractivity (Wildman–Crippen MR) is 103 cm³/mol. The molecule has 0 radical (unpaired) electrons. The molecule has 1 amide bonds. The Morgan fingerprint density at radius 2 is 1.68 bits per heavy atom. The van der Waals surface area contributed by atoms with Gasteiger partial charge in [0.1, 0.15) is 11.8 Å². The van der Waals surface area contributed by atoms with E-state index in [-0.39, 0.29) is 11.9 Å². The van der Waals surface area contributed by atoms with Crippen molar-refractivity contribution in [3.8, 4) is 5.75 Å². The molecule has 0 saturated carbocycles. The Labute approximate surface area is 150 Å². The highest BCUT2D eigenvalue weighted by Crippen LogP contribution is 2.20. The van der Waals surface area contributed by atoms with E-state index < -0.39 is 0 Å². The van der Waals surface area contributed by atoms with E-state index in [1.54, 1.807) is 7.11 Å². The van der Waals surface area contributed by atoms with Gasteiger partial charge in [-0.2, -0.15) is 0 Å². The number of benzene rings is 2. The number of anilines is 1. The van der Waals surface area contributed by atoms with E-state index in [0.29, 0.717) is 12.5 Å². The summed E-state index contributed by atoms with van der Waals surface area (Å²) in [6.45, 7) is 6.78. The van der Waals surface area contributed by atoms with Crippen molar-refractivity contribution >= 4 is 11.6 Å². The van der Waals surface area contributed by atoms with Gasteiger partial charge in [0.05, 0.1) is 7.11 Å². The van der Waals surface area contributed by atoms with Crippen LogP contribution < -0.4 is 15.4 Å². The van der Waals surface area contributed by atoms with Crippen LogP contribution in [0.2, 0.25) is 0 Å². The molecule has 2 rings (SSSR count). The van der Waals surface area contributed by atoms with Gasteiger partial charge in [0.2, 0.25) is 5.91 Å². The predicted octanol–water partition coefficient (Wildman–Crippen LogP) is 4.33. The maximum atomic E-state index is 12.3. The van der Waals surface area contributed by atoms with Crippen molar-refractivity contribution in [3.05, 3.63) is 59.7 Å². The molecule has 0 aliphatic carbocycles. The maximum Gasteiger partial charge on any atom is 0.242 e. The van der Waals surface area contributed by atoms with E-state index in [1.807, 2.05) is 43.3 Å². The van der Waals surface area contributed by atoms with Crippen LogP contribution in [0.25, 0.3) is 0 Å². The van der Waals surface area contributed by atoms with Crippen molar-refractivity contribution in [3.63, 3.8) is 0 Å². The fourth-order valence-electron chi connectivity index (χ4n) is 2.54. The summed E-state index contributed by atoms with van der Waals surface area (Å²) in [6, 6.07) is 15.7. The van der Waals surface area contributed by atoms with Crippen LogP contribution in [0.5, 0.6) is 5.75 Å². The van der Waals surface area contributed by atoms with E-state index in [1.165, 1.54) is 5.56 Å². The Balaban J connectivity index is 1.84. The van der Waals surface area contributed by atoms with E-state index in [4.69, 9.17) is 4.74 Å². The minimum atomic E-state index is -0.298. The third-order valence-electron chi connectivity index (χ3n) is 4.49. The van der Waals surface area contributed by atoms with Crippen molar-refractivity contribution in [2.24, 2.45) is 0 Å². The van der Waals surface area contributed by atoms with Gasteiger partial charge >= 0.3 is 0 Å². The van der Waals surface area contributed by atoms with Gasteiger partial charge in [-0.25, -0.2) is 0 Å². The van der Waals surface area contributed by atoms with Gasteiger partial charge in [-0.1, -0.05) is 38.1 Å². The first-order chi connectivity index (χ1) is 12.0. The molecule has 4 heteroatoms. The quantitative estimate of drug-likeness (QED) is 0.752. The van der Waals surface area contributed by atoms with Crippen LogP contribution in [0.4, 0.5) is 5.69 Å². The van der Waals surface area contributed by atoms with E-state index >= 15 is 0 Å². The van der Waals surface area contributed by atoms with Crippen molar-refractivity contribution < 1.29 is 9.53 Å². The number of hydrogen-bond acceptors (Lipinski definition) is 3. The molecule has 0 aliphatic heterocycles. The highest BCUT2D eigenvalue weighted by atomic mass is 16.5. The summed E-state index contributed by atoms with van der Waals surface area (Å²) in [4.78, 5) is 12.3. The molecule has 2 atom stereocenters. The molecule has 0 spiro atoms. The average Bonchev–Trinajstić information content (AvgIpc) is 2.66. The van der Waals surface area contributed by atoms with Gasteiger partial charge < -0.3 is 15.4 Å². The number of amides is 1. The number of carbonyl (C=O) groups excluding carboxylic acids is 1. The number of hydrogen-bond donors (Lipinski definition) is 2. The van der Waals surface area contributed by atoms with Crippen molar-refractivity contribution in [2.75, 3.05) is 12.4 Å². The maximum absolute atomic E-state index is 12.3. The zero-order valence-corrected chi connectivity index (χ0v) is 15.5. The molecule has 0 heterocycles. The first-order valence-electron chi connectivity index (χ1n) is 8.80. The van der Waals surface area contributed by atoms with Gasteiger partial charge in [0, 0.05) is 12.2 Å². The van der Waals surface area contributed by atoms with Crippen molar-refractivity contribution in [2.45, 2.75) is 45.7 Å². The van der Waals surface area contributed by atoms with Gasteiger partial charge in [0.25, 0.3) is 0 Å². The molecule has 2 N–H and O–H groups in total. The summed E-state index contributed by atoms with van der Waals surface area (Å²) in [7, 11) is 1.64. The van der Waals surface area contributed by atoms with Crippen molar-refractivity contribution in [1.29, 1.82) is 0 Å². The summed E-state index contributed by atoms with van der Waals surface area (Å²) in [5.74, 6) is 1.34. The minimum Gasteiger partial charge on any atom is -0.497 e. The summed E-state index contributed by atoms with van der Waals surface area (Å²) in [5.41, 5.74) is 3.32. The largest absolute Gasteiger partial charge is 0.497 e. The third kappa shape index (κ3) is 5.52. The number of carbonyl (C=O) groups is 1. The standard InChI is InChI=1S/C21H28N2O2/c1-5-15(2)18-8-10-19(11-9-18)23-16(3)21(24)22-14-17-6-12-20(25-4)13-7-17/h6-13,15-16,23H,5,14H2,1-4H3,(H,22,24)/t15-,16+/m1/s1. The second-order valence-electron chi connectivity index (χ2n) is 6.36. The highest BCUT2D eigenvalue weighted by molar-refractivity contribution is 5.84. The second kappa shape index (κ2) is 9.11. The van der Waals surface area contributed by atoms with Crippen LogP contribution in [0.1, 0.15) is 44.2 Å². The summed E-state index contributed by atoms with van der Waals surface area (Å²) in [6.07, 6.45) is 1.12. The summed E-state index contributed by atoms with van der Waals surface area (Å²) < 4.78 is 5.13. The van der Waals surface area contributed by atoms with Gasteiger partial charge in [-0.3, -0.25) is 4.79 Å². The smallest absolute Gasteiger partial charge is 0.242 e. The number of methoxy groups -OCH3 is 1. The first kappa shape index (κ1) is 18.8. The molecule has 4 nitrogen and oxygen atoms in total. The van der Waals surface area contributed by atoms with Crippen LogP contribution in [-0.2, 0) is 11.3 Å². The van der Waals surface area contributed by atoms with Gasteiger partial charge in [-0.15, -0.1) is 0 Å². The highest BCUT2D eigenvalue weighted by Gasteiger charge is 2.12. The molecule has 134 valence electrons. The van der Waals surface area contributed by atoms with E-state index in [9.17, 15) is 4.79 Å². The zero-order chi connectivity index (χ0) is 18.2. The zero-order valence-electron chi connectivity index (χ0n) is 15.5. The Kier molecular flexibility index (Phi) is 6.87. The lowest BCUT2D eigenvalue weighted by atomic mass is 9.98. The SMILES string of the molecule is CC[C@@H](C)c1ccc(N[C@@H](C)C(=O)NCc2ccc(OC)cc2)cc1. The summed E-state index contributed by atoms with van der Waals surface area (Å²) in [5, 5.41) is 6.20. The molecule has 0 bridgehead atoms. The molecule has 0 saturated heterocycles. The fraction of sp³-hybridized carbons (Fsp3) is 0.381. The molecule has 0 unspecified atom stereocenters. The van der Waals surface area contributed by atoms with Crippen LogP contribution in [0.3, 0.4) is 0 Å². The van der Waals surface area contributed by atoms with Crippen LogP contribution in [0, 0.1) is 0 Å². The average molecular weight is 340 g/mol. The second-order valence-corrected chi connectivity index (χ2v) is 6.36. The van der Waals surface area contributed by atoms with Crippen molar-refractivity contribution in [1.82, 2.24) is 5.32 Å². The first-order valence-corrected chi connectivity index (χ1v) is 8.80.